The van der Waals surface area contributed by atoms with Crippen LogP contribution in [0.4, 0.5) is 0 Å². The molecular formula is C13H16N2O2S. The molecule has 1 aromatic rings. The molecule has 0 spiro atoms. The second-order valence-corrected chi connectivity index (χ2v) is 4.64. The summed E-state index contributed by atoms with van der Waals surface area (Å²) < 4.78 is 5.34. The number of amides is 1. The van der Waals surface area contributed by atoms with E-state index in [4.69, 9.17) is 22.7 Å². The van der Waals surface area contributed by atoms with Gasteiger partial charge in [0, 0.05) is 30.8 Å². The third kappa shape index (κ3) is 3.05. The smallest absolute Gasteiger partial charge is 0.253 e. The Morgan fingerprint density at radius 1 is 1.28 bits per heavy atom. The predicted molar refractivity (Wildman–Crippen MR) is 73.7 cm³/mol. The lowest BCUT2D eigenvalue weighted by atomic mass is 10.1. The van der Waals surface area contributed by atoms with Crippen LogP contribution in [0.1, 0.15) is 22.3 Å². The second-order valence-electron chi connectivity index (χ2n) is 4.20. The molecule has 0 aromatic heterocycles. The van der Waals surface area contributed by atoms with E-state index in [1.807, 2.05) is 11.0 Å². The zero-order valence-electron chi connectivity index (χ0n) is 10.1. The van der Waals surface area contributed by atoms with Crippen molar-refractivity contribution in [2.75, 3.05) is 26.3 Å². The summed E-state index contributed by atoms with van der Waals surface area (Å²) >= 11 is 4.92. The van der Waals surface area contributed by atoms with Crippen LogP contribution >= 0.6 is 12.2 Å². The lowest BCUT2D eigenvalue weighted by molar-refractivity contribution is 0.0741. The molecule has 96 valence electrons. The lowest BCUT2D eigenvalue weighted by Crippen LogP contribution is -2.33. The Morgan fingerprint density at radius 3 is 2.83 bits per heavy atom. The first-order valence-electron chi connectivity index (χ1n) is 5.95. The first kappa shape index (κ1) is 13.0. The fraction of sp³-hybridized carbons (Fsp3) is 0.385. The Morgan fingerprint density at radius 2 is 2.06 bits per heavy atom. The molecule has 0 radical (unpaired) electrons. The van der Waals surface area contributed by atoms with Gasteiger partial charge in [-0.2, -0.15) is 0 Å². The minimum Gasteiger partial charge on any atom is -0.389 e. The van der Waals surface area contributed by atoms with Crippen LogP contribution in [0.5, 0.6) is 0 Å². The Hall–Kier alpha value is -1.46. The van der Waals surface area contributed by atoms with Gasteiger partial charge in [-0.3, -0.25) is 4.79 Å². The van der Waals surface area contributed by atoms with E-state index < -0.39 is 0 Å². The summed E-state index contributed by atoms with van der Waals surface area (Å²) in [5.41, 5.74) is 6.92. The van der Waals surface area contributed by atoms with E-state index in [0.717, 1.165) is 25.1 Å². The Labute approximate surface area is 112 Å². The van der Waals surface area contributed by atoms with Crippen molar-refractivity contribution < 1.29 is 9.53 Å². The molecule has 0 bridgehead atoms. The SMILES string of the molecule is NC(=S)c1cccc(C(=O)N2CCCOCC2)c1. The molecule has 1 aliphatic heterocycles. The van der Waals surface area contributed by atoms with E-state index in [-0.39, 0.29) is 5.91 Å². The van der Waals surface area contributed by atoms with E-state index >= 15 is 0 Å². The monoisotopic (exact) mass is 264 g/mol. The molecule has 1 aliphatic rings. The van der Waals surface area contributed by atoms with Gasteiger partial charge in [-0.15, -0.1) is 0 Å². The predicted octanol–water partition coefficient (Wildman–Crippen LogP) is 1.18. The van der Waals surface area contributed by atoms with Crippen LogP contribution in [-0.2, 0) is 4.74 Å². The number of thiocarbonyl (C=S) groups is 1. The van der Waals surface area contributed by atoms with Gasteiger partial charge in [0.1, 0.15) is 4.99 Å². The number of nitrogens with two attached hydrogens (primary N) is 1. The van der Waals surface area contributed by atoms with Crippen LogP contribution in [0, 0.1) is 0 Å². The van der Waals surface area contributed by atoms with Crippen molar-refractivity contribution in [3.8, 4) is 0 Å². The van der Waals surface area contributed by atoms with Crippen LogP contribution in [0.2, 0.25) is 0 Å². The largest absolute Gasteiger partial charge is 0.389 e. The molecule has 1 fully saturated rings. The summed E-state index contributed by atoms with van der Waals surface area (Å²) in [5, 5.41) is 0. The van der Waals surface area contributed by atoms with Crippen LogP contribution in [-0.4, -0.2) is 42.1 Å². The van der Waals surface area contributed by atoms with Crippen LogP contribution < -0.4 is 5.73 Å². The highest BCUT2D eigenvalue weighted by Gasteiger charge is 2.17. The van der Waals surface area contributed by atoms with Gasteiger partial charge in [0.25, 0.3) is 5.91 Å². The highest BCUT2D eigenvalue weighted by atomic mass is 32.1. The van der Waals surface area contributed by atoms with Crippen molar-refractivity contribution in [3.63, 3.8) is 0 Å². The number of ether oxygens (including phenoxy) is 1. The van der Waals surface area contributed by atoms with E-state index in [1.54, 1.807) is 18.2 Å². The molecule has 4 nitrogen and oxygen atoms in total. The summed E-state index contributed by atoms with van der Waals surface area (Å²) in [4.78, 5) is 14.4. The van der Waals surface area contributed by atoms with Gasteiger partial charge < -0.3 is 15.4 Å². The molecule has 2 rings (SSSR count). The molecule has 0 aliphatic carbocycles. The summed E-state index contributed by atoms with van der Waals surface area (Å²) in [6, 6.07) is 7.15. The number of carbonyl (C=O) groups excluding carboxylic acids is 1. The fourth-order valence-corrected chi connectivity index (χ4v) is 2.06. The Balaban J connectivity index is 2.16. The molecule has 18 heavy (non-hydrogen) atoms. The molecule has 1 saturated heterocycles. The maximum atomic E-state index is 12.3. The van der Waals surface area contributed by atoms with Crippen molar-refractivity contribution in [1.29, 1.82) is 0 Å². The minimum atomic E-state index is 0.0126. The third-order valence-electron chi connectivity index (χ3n) is 2.90. The quantitative estimate of drug-likeness (QED) is 0.815. The van der Waals surface area contributed by atoms with Crippen molar-refractivity contribution in [2.45, 2.75) is 6.42 Å². The maximum Gasteiger partial charge on any atom is 0.253 e. The minimum absolute atomic E-state index is 0.0126. The first-order valence-corrected chi connectivity index (χ1v) is 6.36. The molecule has 5 heteroatoms. The summed E-state index contributed by atoms with van der Waals surface area (Å²) in [5.74, 6) is 0.0126. The number of hydrogen-bond donors (Lipinski definition) is 1. The number of carbonyl (C=O) groups is 1. The average Bonchev–Trinajstić information content (AvgIpc) is 2.67. The maximum absolute atomic E-state index is 12.3. The molecule has 0 unspecified atom stereocenters. The summed E-state index contributed by atoms with van der Waals surface area (Å²) in [6.45, 7) is 2.68. The van der Waals surface area contributed by atoms with Gasteiger partial charge in [-0.1, -0.05) is 24.4 Å². The highest BCUT2D eigenvalue weighted by Crippen LogP contribution is 2.10. The average molecular weight is 264 g/mol. The van der Waals surface area contributed by atoms with Crippen molar-refractivity contribution >= 4 is 23.1 Å². The van der Waals surface area contributed by atoms with E-state index in [1.165, 1.54) is 0 Å². The van der Waals surface area contributed by atoms with Gasteiger partial charge in [-0.05, 0) is 18.6 Å². The first-order chi connectivity index (χ1) is 8.68. The molecule has 1 heterocycles. The zero-order valence-corrected chi connectivity index (χ0v) is 10.9. The molecule has 1 amide bonds. The van der Waals surface area contributed by atoms with Crippen molar-refractivity contribution in [1.82, 2.24) is 4.90 Å². The number of rotatable bonds is 2. The van der Waals surface area contributed by atoms with Crippen LogP contribution in [0.3, 0.4) is 0 Å². The fourth-order valence-electron chi connectivity index (χ4n) is 1.94. The number of nitrogens with zero attached hydrogens (tertiary/aromatic N) is 1. The second kappa shape index (κ2) is 5.93. The Kier molecular flexibility index (Phi) is 4.28. The zero-order chi connectivity index (χ0) is 13.0. The van der Waals surface area contributed by atoms with Gasteiger partial charge in [0.05, 0.1) is 6.61 Å². The normalized spacial score (nSPS) is 16.1. The van der Waals surface area contributed by atoms with E-state index in [0.29, 0.717) is 23.7 Å². The van der Waals surface area contributed by atoms with Gasteiger partial charge in [0.2, 0.25) is 0 Å². The molecule has 0 atom stereocenters. The van der Waals surface area contributed by atoms with Gasteiger partial charge in [-0.25, -0.2) is 0 Å². The van der Waals surface area contributed by atoms with Gasteiger partial charge >= 0.3 is 0 Å². The standard InChI is InChI=1S/C13H16N2O2S/c14-12(18)10-3-1-4-11(9-10)13(16)15-5-2-7-17-8-6-15/h1,3-4,9H,2,5-8H2,(H2,14,18). The Bertz CT molecular complexity index is 454. The topological polar surface area (TPSA) is 55.6 Å². The third-order valence-corrected chi connectivity index (χ3v) is 3.14. The summed E-state index contributed by atoms with van der Waals surface area (Å²) in [6.07, 6.45) is 0.876. The van der Waals surface area contributed by atoms with Gasteiger partial charge in [0.15, 0.2) is 0 Å². The molecule has 2 N–H and O–H groups in total. The molecule has 1 aromatic carbocycles. The van der Waals surface area contributed by atoms with Crippen molar-refractivity contribution in [2.24, 2.45) is 5.73 Å². The lowest BCUT2D eigenvalue weighted by Gasteiger charge is -2.19. The number of benzene rings is 1. The number of hydrogen-bond acceptors (Lipinski definition) is 3. The molecular weight excluding hydrogens is 248 g/mol. The van der Waals surface area contributed by atoms with E-state index in [2.05, 4.69) is 0 Å². The van der Waals surface area contributed by atoms with Crippen molar-refractivity contribution in [3.05, 3.63) is 35.4 Å². The van der Waals surface area contributed by atoms with Crippen LogP contribution in [0.25, 0.3) is 0 Å². The molecule has 0 saturated carbocycles. The van der Waals surface area contributed by atoms with E-state index in [9.17, 15) is 4.79 Å². The highest BCUT2D eigenvalue weighted by molar-refractivity contribution is 7.80. The summed E-state index contributed by atoms with van der Waals surface area (Å²) in [7, 11) is 0. The van der Waals surface area contributed by atoms with Crippen LogP contribution in [0.15, 0.2) is 24.3 Å².